The van der Waals surface area contributed by atoms with Gasteiger partial charge in [0.05, 0.1) is 23.0 Å². The second-order valence-corrected chi connectivity index (χ2v) is 6.13. The van der Waals surface area contributed by atoms with Gasteiger partial charge in [-0.05, 0) is 31.4 Å². The fourth-order valence-corrected chi connectivity index (χ4v) is 3.34. The molecule has 0 unspecified atom stereocenters. The number of Topliss-reactive ketones (excluding diaryl/α,β-unsaturated/α-hetero) is 1. The van der Waals surface area contributed by atoms with Crippen LogP contribution in [0.25, 0.3) is 11.0 Å². The number of hydrogen-bond acceptors (Lipinski definition) is 3. The molecule has 0 aliphatic heterocycles. The van der Waals surface area contributed by atoms with Crippen molar-refractivity contribution < 1.29 is 4.79 Å². The van der Waals surface area contributed by atoms with E-state index >= 15 is 0 Å². The monoisotopic (exact) mass is 285 g/mol. The summed E-state index contributed by atoms with van der Waals surface area (Å²) in [6.45, 7) is 3.03. The molecule has 1 aromatic carbocycles. The number of aryl methyl sites for hydroxylation is 1. The number of aromatic nitrogens is 2. The van der Waals surface area contributed by atoms with Crippen LogP contribution in [0.2, 0.25) is 0 Å². The van der Waals surface area contributed by atoms with Crippen molar-refractivity contribution in [1.29, 1.82) is 0 Å². The van der Waals surface area contributed by atoms with Gasteiger partial charge in [0.1, 0.15) is 5.82 Å². The van der Waals surface area contributed by atoms with Crippen molar-refractivity contribution >= 4 is 16.8 Å². The van der Waals surface area contributed by atoms with Crippen molar-refractivity contribution in [3.63, 3.8) is 0 Å². The zero-order chi connectivity index (χ0) is 14.9. The van der Waals surface area contributed by atoms with Crippen LogP contribution >= 0.6 is 0 Å². The summed E-state index contributed by atoms with van der Waals surface area (Å²) >= 11 is 0. The van der Waals surface area contributed by atoms with Crippen molar-refractivity contribution in [3.8, 4) is 0 Å². The second-order valence-electron chi connectivity index (χ2n) is 6.13. The lowest BCUT2D eigenvalue weighted by atomic mass is 9.91. The van der Waals surface area contributed by atoms with Gasteiger partial charge < -0.3 is 10.3 Å². The van der Waals surface area contributed by atoms with E-state index in [1.165, 1.54) is 0 Å². The van der Waals surface area contributed by atoms with Crippen molar-refractivity contribution in [2.45, 2.75) is 57.5 Å². The zero-order valence-electron chi connectivity index (χ0n) is 12.6. The molecule has 0 radical (unpaired) electrons. The van der Waals surface area contributed by atoms with E-state index < -0.39 is 5.54 Å². The number of nitrogens with two attached hydrogens (primary N) is 1. The van der Waals surface area contributed by atoms with Crippen LogP contribution in [-0.4, -0.2) is 20.9 Å². The fraction of sp³-hybridized carbons (Fsp3) is 0.529. The Morgan fingerprint density at radius 1 is 1.33 bits per heavy atom. The van der Waals surface area contributed by atoms with Crippen LogP contribution in [0.4, 0.5) is 0 Å². The van der Waals surface area contributed by atoms with Crippen LogP contribution in [0, 0.1) is 0 Å². The van der Waals surface area contributed by atoms with Crippen molar-refractivity contribution in [3.05, 3.63) is 30.1 Å². The molecular formula is C17H23N3O. The summed E-state index contributed by atoms with van der Waals surface area (Å²) in [7, 11) is 0. The van der Waals surface area contributed by atoms with Crippen LogP contribution in [0.3, 0.4) is 0 Å². The van der Waals surface area contributed by atoms with E-state index in [0.29, 0.717) is 6.42 Å². The van der Waals surface area contributed by atoms with E-state index in [-0.39, 0.29) is 5.78 Å². The van der Waals surface area contributed by atoms with Crippen LogP contribution in [0.1, 0.15) is 44.9 Å². The summed E-state index contributed by atoms with van der Waals surface area (Å²) in [5.41, 5.74) is 7.74. The maximum Gasteiger partial charge on any atom is 0.160 e. The van der Waals surface area contributed by atoms with E-state index in [1.54, 1.807) is 0 Å². The summed E-state index contributed by atoms with van der Waals surface area (Å²) in [4.78, 5) is 17.3. The highest BCUT2D eigenvalue weighted by Gasteiger charge is 2.37. The van der Waals surface area contributed by atoms with E-state index in [1.807, 2.05) is 18.2 Å². The molecule has 4 heteroatoms. The lowest BCUT2D eigenvalue weighted by Gasteiger charge is -2.21. The molecule has 3 rings (SSSR count). The molecule has 0 spiro atoms. The number of benzene rings is 1. The van der Waals surface area contributed by atoms with E-state index in [2.05, 4.69) is 22.5 Å². The molecule has 112 valence electrons. The molecule has 1 heterocycles. The van der Waals surface area contributed by atoms with Crippen LogP contribution in [0.5, 0.6) is 0 Å². The summed E-state index contributed by atoms with van der Waals surface area (Å²) in [6.07, 6.45) is 5.14. The first-order chi connectivity index (χ1) is 10.1. The quantitative estimate of drug-likeness (QED) is 0.919. The summed E-state index contributed by atoms with van der Waals surface area (Å²) in [5, 5.41) is 0. The van der Waals surface area contributed by atoms with E-state index in [0.717, 1.165) is 55.5 Å². The fourth-order valence-electron chi connectivity index (χ4n) is 3.34. The Kier molecular flexibility index (Phi) is 3.81. The molecule has 1 aliphatic carbocycles. The number of ketones is 1. The Labute approximate surface area is 125 Å². The molecule has 1 saturated carbocycles. The number of rotatable bonds is 5. The Hall–Kier alpha value is -1.68. The third-order valence-electron chi connectivity index (χ3n) is 4.55. The van der Waals surface area contributed by atoms with Gasteiger partial charge in [0.2, 0.25) is 0 Å². The van der Waals surface area contributed by atoms with Crippen LogP contribution < -0.4 is 5.73 Å². The minimum absolute atomic E-state index is 0.146. The normalized spacial score (nSPS) is 17.4. The largest absolute Gasteiger partial charge is 0.328 e. The number of carbonyl (C=O) groups excluding carboxylic acids is 1. The maximum absolute atomic E-state index is 12.6. The minimum atomic E-state index is -0.616. The molecule has 1 aliphatic rings. The van der Waals surface area contributed by atoms with E-state index in [4.69, 9.17) is 5.73 Å². The van der Waals surface area contributed by atoms with Gasteiger partial charge in [-0.3, -0.25) is 4.79 Å². The molecule has 1 aromatic heterocycles. The van der Waals surface area contributed by atoms with E-state index in [9.17, 15) is 4.79 Å². The van der Waals surface area contributed by atoms with Gasteiger partial charge in [0, 0.05) is 6.54 Å². The van der Waals surface area contributed by atoms with Gasteiger partial charge in [0.25, 0.3) is 0 Å². The molecule has 0 atom stereocenters. The highest BCUT2D eigenvalue weighted by atomic mass is 16.1. The molecule has 0 amide bonds. The van der Waals surface area contributed by atoms with Gasteiger partial charge in [0.15, 0.2) is 5.78 Å². The van der Waals surface area contributed by atoms with Crippen molar-refractivity contribution in [2.75, 3.05) is 0 Å². The third kappa shape index (κ3) is 2.60. The SMILES string of the molecule is CCCn1c(CC(=O)C2(N)CCCC2)nc2ccccc21. The predicted molar refractivity (Wildman–Crippen MR) is 84.1 cm³/mol. The Morgan fingerprint density at radius 2 is 2.05 bits per heavy atom. The summed E-state index contributed by atoms with van der Waals surface area (Å²) in [5.74, 6) is 1.01. The molecule has 1 fully saturated rings. The first kappa shape index (κ1) is 14.3. The molecular weight excluding hydrogens is 262 g/mol. The summed E-state index contributed by atoms with van der Waals surface area (Å²) < 4.78 is 2.17. The van der Waals surface area contributed by atoms with Gasteiger partial charge >= 0.3 is 0 Å². The average molecular weight is 285 g/mol. The van der Waals surface area contributed by atoms with Crippen molar-refractivity contribution in [2.24, 2.45) is 5.73 Å². The maximum atomic E-state index is 12.6. The minimum Gasteiger partial charge on any atom is -0.328 e. The number of carbonyl (C=O) groups is 1. The zero-order valence-corrected chi connectivity index (χ0v) is 12.6. The Bertz CT molecular complexity index is 653. The molecule has 0 saturated heterocycles. The number of nitrogens with zero attached hydrogens (tertiary/aromatic N) is 2. The topological polar surface area (TPSA) is 60.9 Å². The van der Waals surface area contributed by atoms with Gasteiger partial charge in [-0.2, -0.15) is 0 Å². The van der Waals surface area contributed by atoms with Crippen molar-refractivity contribution in [1.82, 2.24) is 9.55 Å². The standard InChI is InChI=1S/C17H23N3O/c1-2-11-20-14-8-4-3-7-13(14)19-16(20)12-15(21)17(18)9-5-6-10-17/h3-4,7-8H,2,5-6,9-12,18H2,1H3. The molecule has 2 N–H and O–H groups in total. The van der Waals surface area contributed by atoms with Gasteiger partial charge in [-0.1, -0.05) is 31.9 Å². The van der Waals surface area contributed by atoms with Crippen LogP contribution in [0.15, 0.2) is 24.3 Å². The Balaban J connectivity index is 1.92. The highest BCUT2D eigenvalue weighted by Crippen LogP contribution is 2.29. The van der Waals surface area contributed by atoms with Gasteiger partial charge in [-0.25, -0.2) is 4.98 Å². The highest BCUT2D eigenvalue weighted by molar-refractivity contribution is 5.90. The second kappa shape index (κ2) is 5.60. The van der Waals surface area contributed by atoms with Crippen LogP contribution in [-0.2, 0) is 17.8 Å². The smallest absolute Gasteiger partial charge is 0.160 e. The number of para-hydroxylation sites is 2. The Morgan fingerprint density at radius 3 is 2.76 bits per heavy atom. The average Bonchev–Trinajstić information content (AvgIpc) is 3.06. The predicted octanol–water partition coefficient (Wildman–Crippen LogP) is 2.83. The molecule has 2 aromatic rings. The third-order valence-corrected chi connectivity index (χ3v) is 4.55. The first-order valence-corrected chi connectivity index (χ1v) is 7.90. The summed E-state index contributed by atoms with van der Waals surface area (Å²) in [6, 6.07) is 8.07. The number of fused-ring (bicyclic) bond motifs is 1. The molecule has 21 heavy (non-hydrogen) atoms. The molecule has 4 nitrogen and oxygen atoms in total. The lowest BCUT2D eigenvalue weighted by molar-refractivity contribution is -0.123. The number of hydrogen-bond donors (Lipinski definition) is 1. The molecule has 0 bridgehead atoms. The van der Waals surface area contributed by atoms with Gasteiger partial charge in [-0.15, -0.1) is 0 Å². The number of imidazole rings is 1. The first-order valence-electron chi connectivity index (χ1n) is 7.90. The lowest BCUT2D eigenvalue weighted by Crippen LogP contribution is -2.46.